The Morgan fingerprint density at radius 3 is 2.73 bits per heavy atom. The lowest BCUT2D eigenvalue weighted by Gasteiger charge is -2.54. The molecule has 0 unspecified atom stereocenters. The molecule has 1 saturated carbocycles. The summed E-state index contributed by atoms with van der Waals surface area (Å²) in [6, 6.07) is 3.16. The molecule has 0 amide bonds. The smallest absolute Gasteiger partial charge is 0.162 e. The molecule has 2 aliphatic rings. The van der Waals surface area contributed by atoms with Gasteiger partial charge in [-0.2, -0.15) is 0 Å². The fourth-order valence-electron chi connectivity index (χ4n) is 3.88. The van der Waals surface area contributed by atoms with Crippen LogP contribution in [0.5, 0.6) is 0 Å². The summed E-state index contributed by atoms with van der Waals surface area (Å²) in [5.74, 6) is 1.20. The van der Waals surface area contributed by atoms with E-state index in [1.165, 1.54) is 32.4 Å². The van der Waals surface area contributed by atoms with Crippen LogP contribution < -0.4 is 5.32 Å². The van der Waals surface area contributed by atoms with Gasteiger partial charge in [0.05, 0.1) is 5.69 Å². The number of piperidine rings is 1. The van der Waals surface area contributed by atoms with Crippen molar-refractivity contribution < 1.29 is 9.63 Å². The lowest BCUT2D eigenvalue weighted by molar-refractivity contribution is 0.00205. The van der Waals surface area contributed by atoms with Gasteiger partial charge in [-0.05, 0) is 57.2 Å². The molecule has 1 aliphatic heterocycles. The van der Waals surface area contributed by atoms with Crippen LogP contribution in [0.25, 0.3) is 0 Å². The topological polar surface area (TPSA) is 61.5 Å². The lowest BCUT2D eigenvalue weighted by atomic mass is 9.57. The second kappa shape index (κ2) is 6.30. The molecule has 0 radical (unpaired) electrons. The van der Waals surface area contributed by atoms with Gasteiger partial charge < -0.3 is 19.8 Å². The van der Waals surface area contributed by atoms with E-state index < -0.39 is 0 Å². The number of likely N-dealkylation sites (tertiary alicyclic amines) is 1. The van der Waals surface area contributed by atoms with Crippen LogP contribution in [0.3, 0.4) is 0 Å². The number of rotatable bonds is 5. The first-order valence-corrected chi connectivity index (χ1v) is 8.49. The van der Waals surface area contributed by atoms with Crippen molar-refractivity contribution in [2.75, 3.05) is 20.1 Å². The van der Waals surface area contributed by atoms with Crippen LogP contribution in [0, 0.1) is 11.3 Å². The summed E-state index contributed by atoms with van der Waals surface area (Å²) in [5.41, 5.74) is 1.27. The van der Waals surface area contributed by atoms with Gasteiger partial charge in [0.1, 0.15) is 6.61 Å². The Balaban J connectivity index is 1.51. The normalized spacial score (nSPS) is 29.5. The molecule has 1 aliphatic carbocycles. The van der Waals surface area contributed by atoms with E-state index in [9.17, 15) is 0 Å². The molecule has 5 nitrogen and oxygen atoms in total. The Labute approximate surface area is 133 Å². The summed E-state index contributed by atoms with van der Waals surface area (Å²) >= 11 is 0. The number of aliphatic hydroxyl groups is 1. The molecule has 0 spiro atoms. The number of aliphatic hydroxyl groups excluding tert-OH is 1. The first-order valence-electron chi connectivity index (χ1n) is 8.49. The number of hydrogen-bond acceptors (Lipinski definition) is 5. The van der Waals surface area contributed by atoms with Crippen molar-refractivity contribution in [2.24, 2.45) is 11.3 Å². The molecule has 124 valence electrons. The Kier molecular flexibility index (Phi) is 4.57. The van der Waals surface area contributed by atoms with Crippen molar-refractivity contribution in [3.8, 4) is 0 Å². The third-order valence-electron chi connectivity index (χ3n) is 5.85. The zero-order valence-corrected chi connectivity index (χ0v) is 14.0. The van der Waals surface area contributed by atoms with Gasteiger partial charge in [-0.3, -0.25) is 0 Å². The molecule has 2 fully saturated rings. The monoisotopic (exact) mass is 307 g/mol. The van der Waals surface area contributed by atoms with E-state index in [2.05, 4.69) is 36.3 Å². The maximum absolute atomic E-state index is 9.05. The second-order valence-electron chi connectivity index (χ2n) is 7.70. The zero-order chi connectivity index (χ0) is 15.7. The second-order valence-corrected chi connectivity index (χ2v) is 7.70. The van der Waals surface area contributed by atoms with Crippen LogP contribution in [0.4, 0.5) is 0 Å². The third kappa shape index (κ3) is 3.21. The molecule has 1 aromatic rings. The van der Waals surface area contributed by atoms with Gasteiger partial charge in [0.15, 0.2) is 5.76 Å². The SMILES string of the molecule is CN1CCC(N[C@H]2C[C@@H](Cc3cc(CO)on3)C2(C)C)CC1. The van der Waals surface area contributed by atoms with Gasteiger partial charge in [-0.25, -0.2) is 0 Å². The van der Waals surface area contributed by atoms with Gasteiger partial charge in [-0.15, -0.1) is 0 Å². The molecule has 1 aromatic heterocycles. The molecule has 2 N–H and O–H groups in total. The van der Waals surface area contributed by atoms with Crippen molar-refractivity contribution in [2.45, 2.75) is 58.2 Å². The maximum Gasteiger partial charge on any atom is 0.162 e. The predicted octanol–water partition coefficient (Wildman–Crippen LogP) is 1.81. The first kappa shape index (κ1) is 16.0. The highest BCUT2D eigenvalue weighted by atomic mass is 16.5. The van der Waals surface area contributed by atoms with Crippen molar-refractivity contribution in [1.29, 1.82) is 0 Å². The highest BCUT2D eigenvalue weighted by Gasteiger charge is 2.48. The molecule has 5 heteroatoms. The van der Waals surface area contributed by atoms with Crippen LogP contribution in [-0.2, 0) is 13.0 Å². The van der Waals surface area contributed by atoms with Crippen LogP contribution >= 0.6 is 0 Å². The molecular weight excluding hydrogens is 278 g/mol. The van der Waals surface area contributed by atoms with Gasteiger partial charge >= 0.3 is 0 Å². The Morgan fingerprint density at radius 1 is 1.41 bits per heavy atom. The van der Waals surface area contributed by atoms with E-state index in [0.29, 0.717) is 29.2 Å². The summed E-state index contributed by atoms with van der Waals surface area (Å²) in [7, 11) is 2.21. The average Bonchev–Trinajstić information content (AvgIpc) is 2.96. The average molecular weight is 307 g/mol. The Hall–Kier alpha value is -0.910. The van der Waals surface area contributed by atoms with E-state index in [0.717, 1.165) is 12.1 Å². The fourth-order valence-corrected chi connectivity index (χ4v) is 3.88. The minimum absolute atomic E-state index is 0.0681. The summed E-state index contributed by atoms with van der Waals surface area (Å²) in [6.07, 6.45) is 4.68. The Morgan fingerprint density at radius 2 is 2.14 bits per heavy atom. The molecule has 0 bridgehead atoms. The minimum Gasteiger partial charge on any atom is -0.388 e. The van der Waals surface area contributed by atoms with Crippen molar-refractivity contribution >= 4 is 0 Å². The van der Waals surface area contributed by atoms with Crippen molar-refractivity contribution in [1.82, 2.24) is 15.4 Å². The molecule has 2 heterocycles. The highest BCUT2D eigenvalue weighted by molar-refractivity contribution is 5.11. The number of nitrogens with one attached hydrogen (secondary N) is 1. The predicted molar refractivity (Wildman–Crippen MR) is 85.5 cm³/mol. The summed E-state index contributed by atoms with van der Waals surface area (Å²) in [6.45, 7) is 7.07. The third-order valence-corrected chi connectivity index (χ3v) is 5.85. The first-order chi connectivity index (χ1) is 10.5. The van der Waals surface area contributed by atoms with Crippen molar-refractivity contribution in [3.63, 3.8) is 0 Å². The van der Waals surface area contributed by atoms with E-state index in [1.807, 2.05) is 6.07 Å². The maximum atomic E-state index is 9.05. The molecule has 1 saturated heterocycles. The molecule has 2 atom stereocenters. The largest absolute Gasteiger partial charge is 0.388 e. The van der Waals surface area contributed by atoms with Crippen LogP contribution in [-0.4, -0.2) is 47.4 Å². The van der Waals surface area contributed by atoms with Crippen LogP contribution in [0.2, 0.25) is 0 Å². The van der Waals surface area contributed by atoms with Gasteiger partial charge in [0, 0.05) is 18.2 Å². The number of hydrogen-bond donors (Lipinski definition) is 2. The summed E-state index contributed by atoms with van der Waals surface area (Å²) in [5, 5.41) is 17.0. The zero-order valence-electron chi connectivity index (χ0n) is 14.0. The van der Waals surface area contributed by atoms with Crippen molar-refractivity contribution in [3.05, 3.63) is 17.5 Å². The van der Waals surface area contributed by atoms with E-state index in [1.54, 1.807) is 0 Å². The van der Waals surface area contributed by atoms with Gasteiger partial charge in [0.2, 0.25) is 0 Å². The van der Waals surface area contributed by atoms with Gasteiger partial charge in [0.25, 0.3) is 0 Å². The van der Waals surface area contributed by atoms with E-state index in [4.69, 9.17) is 9.63 Å². The molecule has 3 rings (SSSR count). The molecular formula is C17H29N3O2. The molecule has 22 heavy (non-hydrogen) atoms. The standard InChI is InChI=1S/C17H29N3O2/c1-17(2)12(8-14-10-15(11-21)22-19-14)9-16(17)18-13-4-6-20(3)7-5-13/h10,12-13,16,18,21H,4-9,11H2,1-3H3/t12-,16+/m1/s1. The fraction of sp³-hybridized carbons (Fsp3) is 0.824. The van der Waals surface area contributed by atoms with Crippen LogP contribution in [0.15, 0.2) is 10.6 Å². The summed E-state index contributed by atoms with van der Waals surface area (Å²) in [4.78, 5) is 2.41. The van der Waals surface area contributed by atoms with Gasteiger partial charge in [-0.1, -0.05) is 19.0 Å². The van der Waals surface area contributed by atoms with E-state index in [-0.39, 0.29) is 6.61 Å². The minimum atomic E-state index is -0.0681. The Bertz CT molecular complexity index is 492. The quantitative estimate of drug-likeness (QED) is 0.869. The lowest BCUT2D eigenvalue weighted by Crippen LogP contribution is -2.60. The molecule has 0 aromatic carbocycles. The highest BCUT2D eigenvalue weighted by Crippen LogP contribution is 2.48. The number of aromatic nitrogens is 1. The van der Waals surface area contributed by atoms with E-state index >= 15 is 0 Å². The number of nitrogens with zero attached hydrogens (tertiary/aromatic N) is 2. The van der Waals surface area contributed by atoms with Crippen LogP contribution in [0.1, 0.15) is 44.6 Å². The summed E-state index contributed by atoms with van der Waals surface area (Å²) < 4.78 is 5.09.